The highest BCUT2D eigenvalue weighted by molar-refractivity contribution is 6.05. The van der Waals surface area contributed by atoms with Crippen molar-refractivity contribution >= 4 is 29.2 Å². The average molecular weight is 401 g/mol. The predicted octanol–water partition coefficient (Wildman–Crippen LogP) is 1.51. The molecule has 2 heterocycles. The molecule has 1 aromatic rings. The number of hydrogen-bond donors (Lipinski definition) is 1. The quantitative estimate of drug-likeness (QED) is 0.727. The minimum atomic E-state index is -0.715. The minimum absolute atomic E-state index is 0.0128. The van der Waals surface area contributed by atoms with Crippen LogP contribution in [0.1, 0.15) is 49.9 Å². The molecule has 1 unspecified atom stereocenters. The molecule has 156 valence electrons. The molecule has 0 saturated carbocycles. The molecule has 1 saturated heterocycles. The lowest BCUT2D eigenvalue weighted by atomic mass is 9.96. The molecule has 3 amide bonds. The van der Waals surface area contributed by atoms with E-state index in [4.69, 9.17) is 10.5 Å². The molecule has 2 aliphatic heterocycles. The van der Waals surface area contributed by atoms with Crippen LogP contribution in [0.2, 0.25) is 0 Å². The first-order chi connectivity index (χ1) is 13.8. The van der Waals surface area contributed by atoms with E-state index in [-0.39, 0.29) is 36.0 Å². The Labute approximate surface area is 170 Å². The summed E-state index contributed by atoms with van der Waals surface area (Å²) in [6, 6.07) is 4.99. The van der Waals surface area contributed by atoms with Gasteiger partial charge in [-0.2, -0.15) is 0 Å². The lowest BCUT2D eigenvalue weighted by Crippen LogP contribution is -2.51. The number of primary amides is 1. The third kappa shape index (κ3) is 4.41. The van der Waals surface area contributed by atoms with Gasteiger partial charge in [0.1, 0.15) is 12.3 Å². The molecular formula is C21H27N3O5. The van der Waals surface area contributed by atoms with E-state index in [0.29, 0.717) is 49.4 Å². The fraction of sp³-hybridized carbons (Fsp3) is 0.524. The summed E-state index contributed by atoms with van der Waals surface area (Å²) < 4.78 is 5.66. The molecule has 0 radical (unpaired) electrons. The van der Waals surface area contributed by atoms with E-state index in [2.05, 4.69) is 0 Å². The van der Waals surface area contributed by atoms with Crippen LogP contribution in [0.25, 0.3) is 0 Å². The Hall–Kier alpha value is -2.90. The van der Waals surface area contributed by atoms with Gasteiger partial charge in [0.15, 0.2) is 11.9 Å². The van der Waals surface area contributed by atoms with Crippen molar-refractivity contribution in [2.75, 3.05) is 24.5 Å². The maximum Gasteiger partial charge on any atom is 0.268 e. The molecule has 0 spiro atoms. The van der Waals surface area contributed by atoms with E-state index in [1.165, 1.54) is 4.90 Å². The van der Waals surface area contributed by atoms with Gasteiger partial charge in [-0.1, -0.05) is 6.92 Å². The maximum atomic E-state index is 12.8. The summed E-state index contributed by atoms with van der Waals surface area (Å²) >= 11 is 0. The second-order valence-electron chi connectivity index (χ2n) is 7.60. The highest BCUT2D eigenvalue weighted by Crippen LogP contribution is 2.35. The van der Waals surface area contributed by atoms with Crippen molar-refractivity contribution in [2.24, 2.45) is 11.7 Å². The van der Waals surface area contributed by atoms with Gasteiger partial charge in [-0.3, -0.25) is 24.1 Å². The Bertz CT molecular complexity index is 830. The minimum Gasteiger partial charge on any atom is -0.479 e. The summed E-state index contributed by atoms with van der Waals surface area (Å²) in [4.78, 5) is 52.2. The number of carbonyl (C=O) groups is 4. The Morgan fingerprint density at radius 1 is 1.21 bits per heavy atom. The number of nitrogens with two attached hydrogens (primary N) is 1. The Morgan fingerprint density at radius 3 is 2.52 bits per heavy atom. The summed E-state index contributed by atoms with van der Waals surface area (Å²) in [5.41, 5.74) is 6.28. The van der Waals surface area contributed by atoms with Crippen LogP contribution in [0.3, 0.4) is 0 Å². The van der Waals surface area contributed by atoms with Crippen molar-refractivity contribution in [3.63, 3.8) is 0 Å². The number of likely N-dealkylation sites (tertiary alicyclic amines) is 1. The van der Waals surface area contributed by atoms with Crippen LogP contribution < -0.4 is 15.4 Å². The van der Waals surface area contributed by atoms with Crippen LogP contribution in [0, 0.1) is 5.92 Å². The number of Topliss-reactive ketones (excluding diaryl/α,β-unsaturated/α-hetero) is 1. The smallest absolute Gasteiger partial charge is 0.268 e. The highest BCUT2D eigenvalue weighted by Gasteiger charge is 2.35. The number of anilines is 1. The average Bonchev–Trinajstić information content (AvgIpc) is 2.71. The summed E-state index contributed by atoms with van der Waals surface area (Å²) in [5.74, 6) is -0.611. The molecular weight excluding hydrogens is 374 g/mol. The molecule has 0 aromatic heterocycles. The van der Waals surface area contributed by atoms with Crippen molar-refractivity contribution in [3.05, 3.63) is 23.8 Å². The van der Waals surface area contributed by atoms with Crippen molar-refractivity contribution in [1.82, 2.24) is 4.90 Å². The van der Waals surface area contributed by atoms with E-state index >= 15 is 0 Å². The molecule has 0 bridgehead atoms. The van der Waals surface area contributed by atoms with Gasteiger partial charge in [0, 0.05) is 31.0 Å². The Morgan fingerprint density at radius 2 is 1.90 bits per heavy atom. The fourth-order valence-corrected chi connectivity index (χ4v) is 3.76. The molecule has 1 atom stereocenters. The van der Waals surface area contributed by atoms with E-state index in [0.717, 1.165) is 6.42 Å². The second kappa shape index (κ2) is 8.63. The van der Waals surface area contributed by atoms with E-state index in [1.54, 1.807) is 30.0 Å². The zero-order valence-electron chi connectivity index (χ0n) is 16.8. The third-order valence-electron chi connectivity index (χ3n) is 5.51. The fourth-order valence-electron chi connectivity index (χ4n) is 3.76. The summed E-state index contributed by atoms with van der Waals surface area (Å²) in [6.45, 7) is 4.30. The summed E-state index contributed by atoms with van der Waals surface area (Å²) in [6.07, 6.45) is 1.48. The van der Waals surface area contributed by atoms with Gasteiger partial charge in [-0.25, -0.2) is 0 Å². The number of benzene rings is 1. The standard InChI is InChI=1S/C21H27N3O5/c1-3-4-17(25)15-5-6-18-16(11-15)24(21(28)13(2)29-18)12-19(26)23-9-7-14(8-10-23)20(22)27/h5-6,11,13-14H,3-4,7-10,12H2,1-2H3,(H2,22,27). The number of hydrogen-bond acceptors (Lipinski definition) is 5. The highest BCUT2D eigenvalue weighted by atomic mass is 16.5. The van der Waals surface area contributed by atoms with Crippen LogP contribution >= 0.6 is 0 Å². The first kappa shape index (κ1) is 20.8. The first-order valence-electron chi connectivity index (χ1n) is 10.0. The van der Waals surface area contributed by atoms with Gasteiger partial charge in [0.25, 0.3) is 5.91 Å². The monoisotopic (exact) mass is 401 g/mol. The maximum absolute atomic E-state index is 12.8. The molecule has 8 nitrogen and oxygen atoms in total. The third-order valence-corrected chi connectivity index (χ3v) is 5.51. The lowest BCUT2D eigenvalue weighted by molar-refractivity contribution is -0.135. The summed E-state index contributed by atoms with van der Waals surface area (Å²) in [7, 11) is 0. The van der Waals surface area contributed by atoms with Gasteiger partial charge in [-0.05, 0) is 44.4 Å². The topological polar surface area (TPSA) is 110 Å². The number of ketones is 1. The van der Waals surface area contributed by atoms with Gasteiger partial charge >= 0.3 is 0 Å². The van der Waals surface area contributed by atoms with Crippen molar-refractivity contribution in [3.8, 4) is 5.75 Å². The number of fused-ring (bicyclic) bond motifs is 1. The second-order valence-corrected chi connectivity index (χ2v) is 7.60. The summed E-state index contributed by atoms with van der Waals surface area (Å²) in [5, 5.41) is 0. The Balaban J connectivity index is 1.79. The number of piperidine rings is 1. The van der Waals surface area contributed by atoms with Gasteiger partial charge in [0.2, 0.25) is 11.8 Å². The zero-order valence-corrected chi connectivity index (χ0v) is 16.8. The molecule has 29 heavy (non-hydrogen) atoms. The van der Waals surface area contributed by atoms with Crippen molar-refractivity contribution < 1.29 is 23.9 Å². The molecule has 0 aliphatic carbocycles. The molecule has 2 aliphatic rings. The lowest BCUT2D eigenvalue weighted by Gasteiger charge is -2.36. The first-order valence-corrected chi connectivity index (χ1v) is 10.0. The molecule has 8 heteroatoms. The van der Waals surface area contributed by atoms with Crippen molar-refractivity contribution in [2.45, 2.75) is 45.6 Å². The largest absolute Gasteiger partial charge is 0.479 e. The van der Waals surface area contributed by atoms with Crippen LogP contribution in [0.5, 0.6) is 5.75 Å². The van der Waals surface area contributed by atoms with Crippen LogP contribution in [-0.4, -0.2) is 54.1 Å². The zero-order chi connectivity index (χ0) is 21.1. The predicted molar refractivity (Wildman–Crippen MR) is 107 cm³/mol. The normalized spacial score (nSPS) is 19.5. The van der Waals surface area contributed by atoms with E-state index in [9.17, 15) is 19.2 Å². The van der Waals surface area contributed by atoms with Crippen molar-refractivity contribution in [1.29, 1.82) is 0 Å². The molecule has 1 fully saturated rings. The number of carbonyl (C=O) groups excluding carboxylic acids is 4. The number of ether oxygens (including phenoxy) is 1. The molecule has 2 N–H and O–H groups in total. The van der Waals surface area contributed by atoms with E-state index in [1.807, 2.05) is 6.92 Å². The van der Waals surface area contributed by atoms with Gasteiger partial charge < -0.3 is 15.4 Å². The van der Waals surface area contributed by atoms with Crippen LogP contribution in [0.15, 0.2) is 18.2 Å². The Kier molecular flexibility index (Phi) is 6.20. The SMILES string of the molecule is CCCC(=O)c1ccc2c(c1)N(CC(=O)N1CCC(C(N)=O)CC1)C(=O)C(C)O2. The molecule has 1 aromatic carbocycles. The van der Waals surface area contributed by atoms with Crippen LogP contribution in [0.4, 0.5) is 5.69 Å². The number of nitrogens with zero attached hydrogens (tertiary/aromatic N) is 2. The molecule has 3 rings (SSSR count). The van der Waals surface area contributed by atoms with E-state index < -0.39 is 6.10 Å². The van der Waals surface area contributed by atoms with Gasteiger partial charge in [0.05, 0.1) is 5.69 Å². The van der Waals surface area contributed by atoms with Gasteiger partial charge in [-0.15, -0.1) is 0 Å². The number of rotatable bonds is 6. The number of amides is 3. The van der Waals surface area contributed by atoms with Crippen LogP contribution in [-0.2, 0) is 14.4 Å².